The Labute approximate surface area is 203 Å². The summed E-state index contributed by atoms with van der Waals surface area (Å²) in [5, 5.41) is 18.7. The number of nitrogens with zero attached hydrogens (tertiary/aromatic N) is 2. The lowest BCUT2D eigenvalue weighted by Gasteiger charge is -2.11. The van der Waals surface area contributed by atoms with Gasteiger partial charge in [-0.25, -0.2) is 9.59 Å². The fraction of sp³-hybridized carbons (Fsp3) is 0.231. The highest BCUT2D eigenvalue weighted by Gasteiger charge is 2.17. The van der Waals surface area contributed by atoms with Crippen molar-refractivity contribution in [2.45, 2.75) is 13.8 Å². The lowest BCUT2D eigenvalue weighted by Crippen LogP contribution is -2.11. The molecule has 0 amide bonds. The molecule has 0 fully saturated rings. The van der Waals surface area contributed by atoms with Gasteiger partial charge in [-0.1, -0.05) is 12.1 Å². The molecule has 0 aliphatic rings. The molecule has 9 heteroatoms. The average molecular weight is 476 g/mol. The molecule has 0 heterocycles. The summed E-state index contributed by atoms with van der Waals surface area (Å²) in [6.45, 7) is 4.07. The van der Waals surface area contributed by atoms with Crippen LogP contribution in [0.1, 0.15) is 25.0 Å². The van der Waals surface area contributed by atoms with Crippen LogP contribution >= 0.6 is 0 Å². The van der Waals surface area contributed by atoms with Gasteiger partial charge in [-0.3, -0.25) is 0 Å². The van der Waals surface area contributed by atoms with Crippen LogP contribution in [0.3, 0.4) is 0 Å². The number of carbonyl (C=O) groups is 2. The molecule has 180 valence electrons. The number of esters is 2. The quantitative estimate of drug-likeness (QED) is 0.215. The molecule has 35 heavy (non-hydrogen) atoms. The zero-order valence-corrected chi connectivity index (χ0v) is 19.8. The first kappa shape index (κ1) is 26.5. The van der Waals surface area contributed by atoms with Crippen molar-refractivity contribution in [3.8, 4) is 35.1 Å². The molecule has 0 aromatic heterocycles. The lowest BCUT2D eigenvalue weighted by molar-refractivity contribution is -0.138. The van der Waals surface area contributed by atoms with Crippen molar-refractivity contribution < 1.29 is 33.3 Å². The number of hydrogen-bond acceptors (Lipinski definition) is 9. The van der Waals surface area contributed by atoms with E-state index in [0.717, 1.165) is 0 Å². The second kappa shape index (κ2) is 13.1. The van der Waals surface area contributed by atoms with Gasteiger partial charge in [0.05, 0.1) is 27.4 Å². The Morgan fingerprint density at radius 2 is 1.29 bits per heavy atom. The van der Waals surface area contributed by atoms with Crippen LogP contribution in [0.4, 0.5) is 0 Å². The van der Waals surface area contributed by atoms with Gasteiger partial charge in [0.2, 0.25) is 0 Å². The first-order chi connectivity index (χ1) is 16.9. The molecule has 0 atom stereocenters. The van der Waals surface area contributed by atoms with Crippen molar-refractivity contribution >= 4 is 24.1 Å². The van der Waals surface area contributed by atoms with Crippen LogP contribution < -0.4 is 18.9 Å². The normalized spacial score (nSPS) is 11.0. The Kier molecular flexibility index (Phi) is 9.89. The number of hydrogen-bond donors (Lipinski definition) is 0. The number of ether oxygens (including phenoxy) is 5. The van der Waals surface area contributed by atoms with Crippen LogP contribution in [0.2, 0.25) is 0 Å². The van der Waals surface area contributed by atoms with Gasteiger partial charge in [-0.05, 0) is 61.4 Å². The van der Waals surface area contributed by atoms with Gasteiger partial charge < -0.3 is 23.7 Å². The summed E-state index contributed by atoms with van der Waals surface area (Å²) in [6.07, 6.45) is 2.69. The molecule has 0 aliphatic heterocycles. The van der Waals surface area contributed by atoms with Crippen LogP contribution in [-0.4, -0.2) is 39.4 Å². The third-order valence-electron chi connectivity index (χ3n) is 4.46. The van der Waals surface area contributed by atoms with E-state index in [-0.39, 0.29) is 29.3 Å². The first-order valence-electron chi connectivity index (χ1n) is 10.5. The molecule has 0 saturated heterocycles. The number of rotatable bonds is 10. The van der Waals surface area contributed by atoms with Crippen molar-refractivity contribution in [1.82, 2.24) is 0 Å². The van der Waals surface area contributed by atoms with E-state index in [9.17, 15) is 20.1 Å². The fourth-order valence-corrected chi connectivity index (χ4v) is 2.88. The zero-order chi connectivity index (χ0) is 25.8. The largest absolute Gasteiger partial charge is 0.493 e. The Morgan fingerprint density at radius 3 is 1.77 bits per heavy atom. The Balaban J connectivity index is 2.30. The molecular formula is C26H24N2O7. The number of nitriles is 2. The molecule has 0 N–H and O–H groups in total. The minimum absolute atomic E-state index is 0.0507. The molecule has 0 unspecified atom stereocenters. The topological polar surface area (TPSA) is 128 Å². The number of carbonyl (C=O) groups excluding carboxylic acids is 2. The summed E-state index contributed by atoms with van der Waals surface area (Å²) < 4.78 is 26.2. The van der Waals surface area contributed by atoms with E-state index >= 15 is 0 Å². The minimum atomic E-state index is -0.897. The minimum Gasteiger partial charge on any atom is -0.493 e. The standard InChI is InChI=1S/C26H24N2O7/c1-5-33-21-9-7-17(13-23(21)31-3)12-20(16-28)26(30)35-22-10-8-18(14-24(22)32-4)11-19(15-27)25(29)34-6-2/h7-14H,5-6H2,1-4H3/b19-11+,20-12-. The van der Waals surface area contributed by atoms with Gasteiger partial charge in [-0.2, -0.15) is 10.5 Å². The van der Waals surface area contributed by atoms with Gasteiger partial charge >= 0.3 is 11.9 Å². The Hall–Kier alpha value is -4.76. The van der Waals surface area contributed by atoms with Crippen molar-refractivity contribution in [3.05, 3.63) is 58.7 Å². The van der Waals surface area contributed by atoms with Crippen molar-refractivity contribution in [1.29, 1.82) is 10.5 Å². The second-order valence-corrected chi connectivity index (χ2v) is 6.70. The third kappa shape index (κ3) is 7.11. The fourth-order valence-electron chi connectivity index (χ4n) is 2.88. The Bertz CT molecular complexity index is 1230. The second-order valence-electron chi connectivity index (χ2n) is 6.70. The third-order valence-corrected chi connectivity index (χ3v) is 4.46. The maximum atomic E-state index is 12.7. The smallest absolute Gasteiger partial charge is 0.354 e. The van der Waals surface area contributed by atoms with E-state index in [4.69, 9.17) is 23.7 Å². The molecular weight excluding hydrogens is 452 g/mol. The highest BCUT2D eigenvalue weighted by atomic mass is 16.6. The molecule has 0 radical (unpaired) electrons. The summed E-state index contributed by atoms with van der Waals surface area (Å²) in [4.78, 5) is 24.5. The highest BCUT2D eigenvalue weighted by Crippen LogP contribution is 2.31. The molecule has 0 saturated carbocycles. The first-order valence-corrected chi connectivity index (χ1v) is 10.5. The van der Waals surface area contributed by atoms with Crippen molar-refractivity contribution in [3.63, 3.8) is 0 Å². The zero-order valence-electron chi connectivity index (χ0n) is 19.8. The van der Waals surface area contributed by atoms with Crippen LogP contribution in [-0.2, 0) is 14.3 Å². The number of benzene rings is 2. The van der Waals surface area contributed by atoms with E-state index < -0.39 is 11.9 Å². The average Bonchev–Trinajstić information content (AvgIpc) is 2.87. The van der Waals surface area contributed by atoms with Gasteiger partial charge in [0.25, 0.3) is 0 Å². The van der Waals surface area contributed by atoms with Gasteiger partial charge in [0, 0.05) is 0 Å². The highest BCUT2D eigenvalue weighted by molar-refractivity contribution is 6.00. The number of methoxy groups -OCH3 is 2. The summed E-state index contributed by atoms with van der Waals surface area (Å²) in [5.74, 6) is -0.445. The van der Waals surface area contributed by atoms with Crippen LogP contribution in [0, 0.1) is 22.7 Å². The van der Waals surface area contributed by atoms with Gasteiger partial charge in [0.1, 0.15) is 23.3 Å². The van der Waals surface area contributed by atoms with Crippen molar-refractivity contribution in [2.24, 2.45) is 0 Å². The van der Waals surface area contributed by atoms with E-state index in [1.807, 2.05) is 13.0 Å². The van der Waals surface area contributed by atoms with E-state index in [0.29, 0.717) is 29.2 Å². The van der Waals surface area contributed by atoms with Crippen molar-refractivity contribution in [2.75, 3.05) is 27.4 Å². The lowest BCUT2D eigenvalue weighted by atomic mass is 10.1. The SMILES string of the molecule is CCOC(=O)/C(C#N)=C/c1ccc(OC(=O)/C(C#N)=C\c2ccc(OCC)c(OC)c2)c(OC)c1. The summed E-state index contributed by atoms with van der Waals surface area (Å²) in [6, 6.07) is 13.0. The molecule has 2 rings (SSSR count). The summed E-state index contributed by atoms with van der Waals surface area (Å²) >= 11 is 0. The van der Waals surface area contributed by atoms with Crippen LogP contribution in [0.25, 0.3) is 12.2 Å². The van der Waals surface area contributed by atoms with Gasteiger partial charge in [0.15, 0.2) is 23.0 Å². The predicted octanol–water partition coefficient (Wildman–Crippen LogP) is 4.09. The van der Waals surface area contributed by atoms with E-state index in [1.165, 1.54) is 44.6 Å². The Morgan fingerprint density at radius 1 is 0.771 bits per heavy atom. The maximum absolute atomic E-state index is 12.7. The summed E-state index contributed by atoms with van der Waals surface area (Å²) in [7, 11) is 2.85. The monoisotopic (exact) mass is 476 g/mol. The van der Waals surface area contributed by atoms with Gasteiger partial charge in [-0.15, -0.1) is 0 Å². The maximum Gasteiger partial charge on any atom is 0.354 e. The molecule has 2 aromatic rings. The molecule has 0 spiro atoms. The molecule has 0 bridgehead atoms. The predicted molar refractivity (Wildman–Crippen MR) is 127 cm³/mol. The van der Waals surface area contributed by atoms with Crippen LogP contribution in [0.5, 0.6) is 23.0 Å². The summed E-state index contributed by atoms with van der Waals surface area (Å²) in [5.41, 5.74) is 0.536. The van der Waals surface area contributed by atoms with E-state index in [2.05, 4.69) is 0 Å². The molecule has 9 nitrogen and oxygen atoms in total. The molecule has 2 aromatic carbocycles. The van der Waals surface area contributed by atoms with E-state index in [1.54, 1.807) is 31.2 Å². The molecule has 0 aliphatic carbocycles. The van der Waals surface area contributed by atoms with Crippen LogP contribution in [0.15, 0.2) is 47.5 Å².